The van der Waals surface area contributed by atoms with Gasteiger partial charge in [0.05, 0.1) is 17.9 Å². The Morgan fingerprint density at radius 3 is 2.40 bits per heavy atom. The third-order valence-electron chi connectivity index (χ3n) is 4.67. The molecule has 0 spiro atoms. The molecule has 30 heavy (non-hydrogen) atoms. The fraction of sp³-hybridized carbons (Fsp3) is 0.190. The Kier molecular flexibility index (Phi) is 5.01. The van der Waals surface area contributed by atoms with Crippen LogP contribution in [0.1, 0.15) is 10.4 Å². The Morgan fingerprint density at radius 1 is 1.00 bits per heavy atom. The SMILES string of the molecule is CN(C)C(=O)c1ccc(-c2ccc3c(cnn3CC(=O)Nc3cnn(C)n3)c2)cc1. The molecule has 0 saturated heterocycles. The molecule has 4 aromatic rings. The van der Waals surface area contributed by atoms with Crippen molar-refractivity contribution in [2.45, 2.75) is 6.54 Å². The van der Waals surface area contributed by atoms with Gasteiger partial charge in [0.1, 0.15) is 6.54 Å². The molecule has 0 fully saturated rings. The number of benzene rings is 2. The fourth-order valence-corrected chi connectivity index (χ4v) is 3.18. The minimum Gasteiger partial charge on any atom is -0.345 e. The van der Waals surface area contributed by atoms with E-state index >= 15 is 0 Å². The highest BCUT2D eigenvalue weighted by molar-refractivity contribution is 5.95. The van der Waals surface area contributed by atoms with E-state index in [4.69, 9.17) is 0 Å². The molecule has 9 nitrogen and oxygen atoms in total. The molecule has 2 aromatic heterocycles. The topological polar surface area (TPSA) is 97.9 Å². The lowest BCUT2D eigenvalue weighted by atomic mass is 10.0. The predicted octanol–water partition coefficient (Wildman–Crippen LogP) is 2.17. The first-order valence-electron chi connectivity index (χ1n) is 9.34. The highest BCUT2D eigenvalue weighted by atomic mass is 16.2. The number of rotatable bonds is 5. The van der Waals surface area contributed by atoms with Gasteiger partial charge in [0.2, 0.25) is 5.91 Å². The summed E-state index contributed by atoms with van der Waals surface area (Å²) in [4.78, 5) is 27.3. The summed E-state index contributed by atoms with van der Waals surface area (Å²) in [5, 5.41) is 15.9. The Morgan fingerprint density at radius 2 is 1.73 bits per heavy atom. The highest BCUT2D eigenvalue weighted by Crippen LogP contribution is 2.25. The number of nitrogens with zero attached hydrogens (tertiary/aromatic N) is 6. The maximum absolute atomic E-state index is 12.3. The zero-order valence-corrected chi connectivity index (χ0v) is 16.9. The van der Waals surface area contributed by atoms with E-state index in [1.54, 1.807) is 36.9 Å². The Labute approximate surface area is 172 Å². The monoisotopic (exact) mass is 403 g/mol. The lowest BCUT2D eigenvalue weighted by molar-refractivity contribution is -0.116. The van der Waals surface area contributed by atoms with Gasteiger partial charge in [-0.15, -0.1) is 5.10 Å². The maximum Gasteiger partial charge on any atom is 0.253 e. The molecular weight excluding hydrogens is 382 g/mol. The van der Waals surface area contributed by atoms with Crippen molar-refractivity contribution >= 4 is 28.5 Å². The Bertz CT molecular complexity index is 1220. The smallest absolute Gasteiger partial charge is 0.253 e. The fourth-order valence-electron chi connectivity index (χ4n) is 3.18. The lowest BCUT2D eigenvalue weighted by Gasteiger charge is -2.10. The minimum absolute atomic E-state index is 0.0296. The largest absolute Gasteiger partial charge is 0.345 e. The standard InChI is InChI=1S/C21H21N7O2/c1-26(2)21(30)15-6-4-14(5-7-15)16-8-9-18-17(10-16)11-23-28(18)13-20(29)24-19-12-22-27(3)25-19/h4-12H,13H2,1-3H3,(H,24,25,29). The summed E-state index contributed by atoms with van der Waals surface area (Å²) in [6.07, 6.45) is 3.22. The second kappa shape index (κ2) is 7.78. The van der Waals surface area contributed by atoms with Crippen molar-refractivity contribution in [2.75, 3.05) is 19.4 Å². The Hall–Kier alpha value is -4.01. The molecule has 0 unspecified atom stereocenters. The molecule has 0 aliphatic rings. The molecule has 0 saturated carbocycles. The van der Waals surface area contributed by atoms with Crippen molar-refractivity contribution < 1.29 is 9.59 Å². The summed E-state index contributed by atoms with van der Waals surface area (Å²) >= 11 is 0. The zero-order chi connectivity index (χ0) is 21.3. The van der Waals surface area contributed by atoms with Crippen molar-refractivity contribution in [1.82, 2.24) is 29.7 Å². The summed E-state index contributed by atoms with van der Waals surface area (Å²) in [5.41, 5.74) is 3.51. The molecule has 0 bridgehead atoms. The van der Waals surface area contributed by atoms with Gasteiger partial charge in [-0.05, 0) is 35.4 Å². The van der Waals surface area contributed by atoms with E-state index in [0.29, 0.717) is 11.4 Å². The van der Waals surface area contributed by atoms with Crippen LogP contribution >= 0.6 is 0 Å². The van der Waals surface area contributed by atoms with Crippen LogP contribution in [0.4, 0.5) is 5.82 Å². The first kappa shape index (κ1) is 19.3. The number of carbonyl (C=O) groups excluding carboxylic acids is 2. The van der Waals surface area contributed by atoms with Gasteiger partial charge >= 0.3 is 0 Å². The van der Waals surface area contributed by atoms with Gasteiger partial charge in [0.15, 0.2) is 5.82 Å². The molecule has 0 atom stereocenters. The van der Waals surface area contributed by atoms with Crippen molar-refractivity contribution in [3.05, 3.63) is 60.4 Å². The third kappa shape index (κ3) is 3.90. The molecule has 2 aromatic carbocycles. The predicted molar refractivity (Wildman–Crippen MR) is 113 cm³/mol. The number of anilines is 1. The van der Waals surface area contributed by atoms with Crippen molar-refractivity contribution in [3.63, 3.8) is 0 Å². The number of aromatic nitrogens is 5. The number of carbonyl (C=O) groups is 2. The number of nitrogens with one attached hydrogen (secondary N) is 1. The van der Waals surface area contributed by atoms with E-state index in [9.17, 15) is 9.59 Å². The average Bonchev–Trinajstić information content (AvgIpc) is 3.32. The summed E-state index contributed by atoms with van der Waals surface area (Å²) in [5.74, 6) is 0.140. The van der Waals surface area contributed by atoms with Crippen LogP contribution in [-0.4, -0.2) is 55.6 Å². The van der Waals surface area contributed by atoms with Crippen molar-refractivity contribution in [2.24, 2.45) is 7.05 Å². The van der Waals surface area contributed by atoms with Gasteiger partial charge < -0.3 is 10.2 Å². The van der Waals surface area contributed by atoms with Gasteiger partial charge in [-0.2, -0.15) is 15.0 Å². The zero-order valence-electron chi connectivity index (χ0n) is 16.9. The van der Waals surface area contributed by atoms with E-state index in [0.717, 1.165) is 22.0 Å². The van der Waals surface area contributed by atoms with Gasteiger partial charge in [0.25, 0.3) is 5.91 Å². The minimum atomic E-state index is -0.231. The number of aryl methyl sites for hydroxylation is 1. The number of hydrogen-bond acceptors (Lipinski definition) is 5. The summed E-state index contributed by atoms with van der Waals surface area (Å²) in [6, 6.07) is 13.4. The molecular formula is C21H21N7O2. The van der Waals surface area contributed by atoms with Crippen LogP contribution in [0.2, 0.25) is 0 Å². The molecule has 2 amide bonds. The molecule has 1 N–H and O–H groups in total. The number of fused-ring (bicyclic) bond motifs is 1. The van der Waals surface area contributed by atoms with E-state index in [-0.39, 0.29) is 18.4 Å². The summed E-state index contributed by atoms with van der Waals surface area (Å²) in [6.45, 7) is 0.0702. The molecule has 4 rings (SSSR count). The summed E-state index contributed by atoms with van der Waals surface area (Å²) in [7, 11) is 5.15. The van der Waals surface area contributed by atoms with Gasteiger partial charge in [-0.1, -0.05) is 18.2 Å². The van der Waals surface area contributed by atoms with Gasteiger partial charge in [-0.3, -0.25) is 14.3 Å². The quantitative estimate of drug-likeness (QED) is 0.551. The molecule has 9 heteroatoms. The maximum atomic E-state index is 12.3. The molecule has 2 heterocycles. The van der Waals surface area contributed by atoms with Gasteiger partial charge in [-0.25, -0.2) is 0 Å². The average molecular weight is 403 g/mol. The van der Waals surface area contributed by atoms with E-state index in [1.807, 2.05) is 42.5 Å². The second-order valence-corrected chi connectivity index (χ2v) is 7.12. The lowest BCUT2D eigenvalue weighted by Crippen LogP contribution is -2.21. The van der Waals surface area contributed by atoms with Crippen LogP contribution in [0.15, 0.2) is 54.9 Å². The highest BCUT2D eigenvalue weighted by Gasteiger charge is 2.11. The summed E-state index contributed by atoms with van der Waals surface area (Å²) < 4.78 is 1.64. The number of hydrogen-bond donors (Lipinski definition) is 1. The number of amides is 2. The van der Waals surface area contributed by atoms with Crippen LogP contribution in [0, 0.1) is 0 Å². The first-order chi connectivity index (χ1) is 14.4. The van der Waals surface area contributed by atoms with Crippen LogP contribution < -0.4 is 5.32 Å². The second-order valence-electron chi connectivity index (χ2n) is 7.12. The molecule has 0 aliphatic carbocycles. The molecule has 0 aliphatic heterocycles. The Balaban J connectivity index is 1.52. The molecule has 152 valence electrons. The van der Waals surface area contributed by atoms with Crippen molar-refractivity contribution in [3.8, 4) is 11.1 Å². The van der Waals surface area contributed by atoms with Crippen LogP contribution in [0.5, 0.6) is 0 Å². The van der Waals surface area contributed by atoms with Gasteiger partial charge in [0, 0.05) is 32.1 Å². The third-order valence-corrected chi connectivity index (χ3v) is 4.67. The van der Waals surface area contributed by atoms with Crippen LogP contribution in [-0.2, 0) is 18.4 Å². The van der Waals surface area contributed by atoms with E-state index in [2.05, 4.69) is 20.6 Å². The van der Waals surface area contributed by atoms with E-state index in [1.165, 1.54) is 11.0 Å². The van der Waals surface area contributed by atoms with E-state index < -0.39 is 0 Å². The normalized spacial score (nSPS) is 10.9. The molecule has 0 radical (unpaired) electrons. The van der Waals surface area contributed by atoms with Crippen LogP contribution in [0.25, 0.3) is 22.0 Å². The first-order valence-corrected chi connectivity index (χ1v) is 9.34. The van der Waals surface area contributed by atoms with Crippen molar-refractivity contribution in [1.29, 1.82) is 0 Å². The van der Waals surface area contributed by atoms with Crippen LogP contribution in [0.3, 0.4) is 0 Å².